The highest BCUT2D eigenvalue weighted by atomic mass is 19.1. The molecule has 4 aromatic rings. The minimum absolute atomic E-state index is 0.0326. The molecule has 0 saturated heterocycles. The maximum absolute atomic E-state index is 14.3. The first-order chi connectivity index (χ1) is 15.8. The average Bonchev–Trinajstić information content (AvgIpc) is 3.37. The predicted octanol–water partition coefficient (Wildman–Crippen LogP) is 3.12. The first kappa shape index (κ1) is 20.6. The Labute approximate surface area is 187 Å². The summed E-state index contributed by atoms with van der Waals surface area (Å²) in [7, 11) is 0. The maximum atomic E-state index is 14.3. The lowest BCUT2D eigenvalue weighted by molar-refractivity contribution is -0.122. The molecule has 2 heterocycles. The number of benzene rings is 2. The number of aromatic nitrogens is 4. The van der Waals surface area contributed by atoms with Crippen LogP contribution in [0.5, 0.6) is 0 Å². The SMILES string of the molecule is Cc1ccc2[nH]ncc2c1-c1nc(-c2ccccc2NC(=O)C2(F)CC2)nc(C(N)=O)c1N. The number of anilines is 2. The fraction of sp³-hybridized carbons (Fsp3) is 0.174. The number of fused-ring (bicyclic) bond motifs is 1. The van der Waals surface area contributed by atoms with Gasteiger partial charge >= 0.3 is 0 Å². The molecule has 1 saturated carbocycles. The number of hydrogen-bond donors (Lipinski definition) is 4. The van der Waals surface area contributed by atoms with Gasteiger partial charge in [-0.25, -0.2) is 14.4 Å². The van der Waals surface area contributed by atoms with Gasteiger partial charge in [0, 0.05) is 16.5 Å². The molecule has 0 spiro atoms. The number of nitrogens with one attached hydrogen (secondary N) is 2. The molecule has 2 amide bonds. The molecule has 6 N–H and O–H groups in total. The van der Waals surface area contributed by atoms with Crippen molar-refractivity contribution in [2.24, 2.45) is 5.73 Å². The van der Waals surface area contributed by atoms with E-state index in [1.54, 1.807) is 30.5 Å². The molecule has 33 heavy (non-hydrogen) atoms. The summed E-state index contributed by atoms with van der Waals surface area (Å²) in [4.78, 5) is 33.5. The number of carbonyl (C=O) groups is 2. The zero-order valence-corrected chi connectivity index (χ0v) is 17.6. The van der Waals surface area contributed by atoms with Crippen LogP contribution in [0.1, 0.15) is 28.9 Å². The standard InChI is InChI=1S/C23H20FN7O2/c1-11-6-7-15-13(10-27-31-15)16(11)18-17(25)19(20(26)32)30-21(29-18)12-4-2-3-5-14(12)28-22(33)23(24)8-9-23/h2-7,10H,8-9,25H2,1H3,(H2,26,32)(H,27,31)(H,28,33). The smallest absolute Gasteiger partial charge is 0.269 e. The number of nitrogens with two attached hydrogens (primary N) is 2. The van der Waals surface area contributed by atoms with Gasteiger partial charge in [0.05, 0.1) is 28.8 Å². The minimum Gasteiger partial charge on any atom is -0.395 e. The summed E-state index contributed by atoms with van der Waals surface area (Å²) in [5, 5.41) is 10.4. The molecule has 0 atom stereocenters. The van der Waals surface area contributed by atoms with Crippen molar-refractivity contribution in [2.75, 3.05) is 11.1 Å². The van der Waals surface area contributed by atoms with Gasteiger partial charge in [0.25, 0.3) is 11.8 Å². The van der Waals surface area contributed by atoms with Gasteiger partial charge in [-0.05, 0) is 43.5 Å². The van der Waals surface area contributed by atoms with Crippen molar-refractivity contribution < 1.29 is 14.0 Å². The molecule has 2 aromatic heterocycles. The van der Waals surface area contributed by atoms with Crippen LogP contribution in [0.2, 0.25) is 0 Å². The first-order valence-electron chi connectivity index (χ1n) is 10.3. The van der Waals surface area contributed by atoms with E-state index in [2.05, 4.69) is 25.5 Å². The average molecular weight is 445 g/mol. The van der Waals surface area contributed by atoms with Gasteiger partial charge in [-0.15, -0.1) is 0 Å². The van der Waals surface area contributed by atoms with Crippen LogP contribution in [0.25, 0.3) is 33.5 Å². The molecule has 0 radical (unpaired) electrons. The zero-order valence-electron chi connectivity index (χ0n) is 17.6. The summed E-state index contributed by atoms with van der Waals surface area (Å²) < 4.78 is 14.3. The number of aryl methyl sites for hydroxylation is 1. The number of H-pyrrole nitrogens is 1. The first-order valence-corrected chi connectivity index (χ1v) is 10.3. The number of para-hydroxylation sites is 1. The molecule has 10 heteroatoms. The zero-order chi connectivity index (χ0) is 23.3. The Hall–Kier alpha value is -4.34. The lowest BCUT2D eigenvalue weighted by Gasteiger charge is -2.16. The summed E-state index contributed by atoms with van der Waals surface area (Å²) >= 11 is 0. The molecule has 2 aromatic carbocycles. The molecule has 1 aliphatic carbocycles. The van der Waals surface area contributed by atoms with Crippen molar-refractivity contribution in [3.63, 3.8) is 0 Å². The second kappa shape index (κ2) is 7.37. The molecular weight excluding hydrogens is 425 g/mol. The van der Waals surface area contributed by atoms with Crippen LogP contribution in [0.3, 0.4) is 0 Å². The maximum Gasteiger partial charge on any atom is 0.269 e. The molecule has 0 bridgehead atoms. The van der Waals surface area contributed by atoms with Crippen molar-refractivity contribution in [1.82, 2.24) is 20.2 Å². The number of hydrogen-bond acceptors (Lipinski definition) is 6. The molecule has 1 fully saturated rings. The highest BCUT2D eigenvalue weighted by Crippen LogP contribution is 2.41. The lowest BCUT2D eigenvalue weighted by Crippen LogP contribution is -2.25. The van der Waals surface area contributed by atoms with Crippen LogP contribution in [0, 0.1) is 6.92 Å². The van der Waals surface area contributed by atoms with Crippen LogP contribution in [0.4, 0.5) is 15.8 Å². The molecule has 0 unspecified atom stereocenters. The van der Waals surface area contributed by atoms with E-state index in [0.29, 0.717) is 22.5 Å². The van der Waals surface area contributed by atoms with Crippen LogP contribution >= 0.6 is 0 Å². The third-order valence-electron chi connectivity index (χ3n) is 5.76. The molecular formula is C23H20FN7O2. The highest BCUT2D eigenvalue weighted by Gasteiger charge is 2.51. The third-order valence-corrected chi connectivity index (χ3v) is 5.76. The van der Waals surface area contributed by atoms with E-state index in [0.717, 1.165) is 16.5 Å². The number of amides is 2. The van der Waals surface area contributed by atoms with Gasteiger partial charge in [0.1, 0.15) is 0 Å². The quantitative estimate of drug-likeness (QED) is 0.370. The van der Waals surface area contributed by atoms with Crippen LogP contribution in [0.15, 0.2) is 42.6 Å². The van der Waals surface area contributed by atoms with Crippen molar-refractivity contribution in [3.05, 3.63) is 53.9 Å². The Balaban J connectivity index is 1.72. The number of halogens is 1. The summed E-state index contributed by atoms with van der Waals surface area (Å²) in [6.07, 6.45) is 2.01. The van der Waals surface area contributed by atoms with Crippen molar-refractivity contribution in [3.8, 4) is 22.6 Å². The number of alkyl halides is 1. The van der Waals surface area contributed by atoms with E-state index < -0.39 is 17.5 Å². The normalized spacial score (nSPS) is 14.2. The van der Waals surface area contributed by atoms with Gasteiger partial charge in [-0.1, -0.05) is 18.2 Å². The minimum atomic E-state index is -1.85. The number of nitrogens with zero attached hydrogens (tertiary/aromatic N) is 3. The van der Waals surface area contributed by atoms with Crippen molar-refractivity contribution in [1.29, 1.82) is 0 Å². The third kappa shape index (κ3) is 3.45. The molecule has 0 aliphatic heterocycles. The van der Waals surface area contributed by atoms with Gasteiger partial charge in [-0.3, -0.25) is 14.7 Å². The van der Waals surface area contributed by atoms with Crippen molar-refractivity contribution in [2.45, 2.75) is 25.4 Å². The van der Waals surface area contributed by atoms with Gasteiger partial charge in [-0.2, -0.15) is 5.10 Å². The van der Waals surface area contributed by atoms with Gasteiger partial charge in [0.15, 0.2) is 17.2 Å². The topological polar surface area (TPSA) is 153 Å². The fourth-order valence-corrected chi connectivity index (χ4v) is 3.77. The number of rotatable bonds is 5. The van der Waals surface area contributed by atoms with E-state index in [1.807, 2.05) is 19.1 Å². The number of nitrogen functional groups attached to an aromatic ring is 1. The summed E-state index contributed by atoms with van der Waals surface area (Å²) in [6.45, 7) is 1.89. The summed E-state index contributed by atoms with van der Waals surface area (Å²) in [5.74, 6) is -1.43. The Morgan fingerprint density at radius 2 is 1.91 bits per heavy atom. The Kier molecular flexibility index (Phi) is 4.59. The van der Waals surface area contributed by atoms with Crippen LogP contribution in [-0.2, 0) is 4.79 Å². The Morgan fingerprint density at radius 1 is 1.15 bits per heavy atom. The second-order valence-electron chi connectivity index (χ2n) is 8.08. The van der Waals surface area contributed by atoms with E-state index in [-0.39, 0.29) is 30.0 Å². The number of aromatic amines is 1. The Bertz CT molecular complexity index is 1440. The van der Waals surface area contributed by atoms with E-state index in [9.17, 15) is 14.0 Å². The summed E-state index contributed by atoms with van der Waals surface area (Å²) in [6, 6.07) is 10.5. The monoisotopic (exact) mass is 445 g/mol. The van der Waals surface area contributed by atoms with E-state index >= 15 is 0 Å². The van der Waals surface area contributed by atoms with E-state index in [4.69, 9.17) is 11.5 Å². The number of carbonyl (C=O) groups excluding carboxylic acids is 2. The lowest BCUT2D eigenvalue weighted by atomic mass is 9.99. The second-order valence-corrected chi connectivity index (χ2v) is 8.08. The molecule has 166 valence electrons. The molecule has 9 nitrogen and oxygen atoms in total. The van der Waals surface area contributed by atoms with Crippen LogP contribution in [-0.4, -0.2) is 37.6 Å². The molecule has 5 rings (SSSR count). The van der Waals surface area contributed by atoms with Gasteiger partial charge < -0.3 is 16.8 Å². The Morgan fingerprint density at radius 3 is 2.64 bits per heavy atom. The largest absolute Gasteiger partial charge is 0.395 e. The predicted molar refractivity (Wildman–Crippen MR) is 122 cm³/mol. The highest BCUT2D eigenvalue weighted by molar-refractivity contribution is 6.05. The van der Waals surface area contributed by atoms with Gasteiger partial charge in [0.2, 0.25) is 0 Å². The number of primary amides is 1. The van der Waals surface area contributed by atoms with Crippen LogP contribution < -0.4 is 16.8 Å². The van der Waals surface area contributed by atoms with E-state index in [1.165, 1.54) is 0 Å². The summed E-state index contributed by atoms with van der Waals surface area (Å²) in [5.41, 5.74) is 13.2. The fourth-order valence-electron chi connectivity index (χ4n) is 3.77. The van der Waals surface area contributed by atoms with Crippen molar-refractivity contribution >= 4 is 34.1 Å². The molecule has 1 aliphatic rings.